The van der Waals surface area contributed by atoms with Gasteiger partial charge < -0.3 is 14.8 Å². The molecule has 196 valence electrons. The Morgan fingerprint density at radius 1 is 0.974 bits per heavy atom. The van der Waals surface area contributed by atoms with Gasteiger partial charge in [-0.15, -0.1) is 0 Å². The number of nitrogens with one attached hydrogen (secondary N) is 1. The van der Waals surface area contributed by atoms with Crippen molar-refractivity contribution in [3.05, 3.63) is 100 Å². The summed E-state index contributed by atoms with van der Waals surface area (Å²) in [7, 11) is 0. The molecule has 0 aliphatic carbocycles. The van der Waals surface area contributed by atoms with Gasteiger partial charge in [0, 0.05) is 30.2 Å². The molecule has 0 bridgehead atoms. The van der Waals surface area contributed by atoms with Gasteiger partial charge in [-0.1, -0.05) is 48.0 Å². The van der Waals surface area contributed by atoms with Crippen molar-refractivity contribution < 1.29 is 19.1 Å². The summed E-state index contributed by atoms with van der Waals surface area (Å²) in [4.78, 5) is 30.1. The van der Waals surface area contributed by atoms with E-state index in [1.807, 2.05) is 60.7 Å². The first-order chi connectivity index (χ1) is 18.6. The zero-order chi connectivity index (χ0) is 26.3. The molecule has 7 nitrogen and oxygen atoms in total. The lowest BCUT2D eigenvalue weighted by Crippen LogP contribution is -2.38. The lowest BCUT2D eigenvalue weighted by atomic mass is 10.1. The lowest BCUT2D eigenvalue weighted by Gasteiger charge is -2.30. The predicted octanol–water partition coefficient (Wildman–Crippen LogP) is 4.76. The fraction of sp³-hybridized carbons (Fsp3) is 0.267. The van der Waals surface area contributed by atoms with Gasteiger partial charge in [0.2, 0.25) is 0 Å². The molecule has 2 aliphatic heterocycles. The number of benzene rings is 3. The van der Waals surface area contributed by atoms with Crippen LogP contribution in [0.4, 0.5) is 5.69 Å². The average molecular weight is 532 g/mol. The standard InChI is InChI=1S/C30H30ClN3O4/c31-25-12-8-23(9-13-25)21-34-26-4-1-2-5-27(26)38-28(30(34)36)20-22-6-10-24(11-7-22)29(35)32-14-3-15-33-16-18-37-19-17-33/h1-2,4-13,20H,3,14-19,21H2,(H,32,35)/b28-20-. The Balaban J connectivity index is 1.24. The summed E-state index contributed by atoms with van der Waals surface area (Å²) in [6, 6.07) is 22.1. The molecule has 0 saturated carbocycles. The number of ether oxygens (including phenoxy) is 2. The Morgan fingerprint density at radius 3 is 2.47 bits per heavy atom. The van der Waals surface area contributed by atoms with Crippen molar-refractivity contribution in [3.63, 3.8) is 0 Å². The third kappa shape index (κ3) is 6.42. The van der Waals surface area contributed by atoms with Crippen molar-refractivity contribution in [3.8, 4) is 5.75 Å². The number of fused-ring (bicyclic) bond motifs is 1. The minimum absolute atomic E-state index is 0.112. The van der Waals surface area contributed by atoms with E-state index < -0.39 is 0 Å². The first-order valence-electron chi connectivity index (χ1n) is 12.8. The van der Waals surface area contributed by atoms with E-state index in [1.165, 1.54) is 0 Å². The molecule has 1 N–H and O–H groups in total. The lowest BCUT2D eigenvalue weighted by molar-refractivity contribution is -0.117. The van der Waals surface area contributed by atoms with E-state index in [9.17, 15) is 9.59 Å². The molecule has 0 aromatic heterocycles. The fourth-order valence-corrected chi connectivity index (χ4v) is 4.63. The second kappa shape index (κ2) is 12.3. The minimum atomic E-state index is -0.235. The van der Waals surface area contributed by atoms with Crippen LogP contribution in [0.1, 0.15) is 27.9 Å². The number of halogens is 1. The molecule has 0 unspecified atom stereocenters. The number of amides is 2. The van der Waals surface area contributed by atoms with Crippen LogP contribution in [0, 0.1) is 0 Å². The number of carbonyl (C=O) groups excluding carboxylic acids is 2. The summed E-state index contributed by atoms with van der Waals surface area (Å²) in [6.45, 7) is 5.40. The molecule has 3 aromatic carbocycles. The number of morpholine rings is 1. The highest BCUT2D eigenvalue weighted by atomic mass is 35.5. The molecular weight excluding hydrogens is 502 g/mol. The molecule has 2 amide bonds. The average Bonchev–Trinajstić information content (AvgIpc) is 2.95. The van der Waals surface area contributed by atoms with Crippen LogP contribution in [0.2, 0.25) is 5.02 Å². The highest BCUT2D eigenvalue weighted by molar-refractivity contribution is 6.30. The molecule has 38 heavy (non-hydrogen) atoms. The molecule has 2 aliphatic rings. The van der Waals surface area contributed by atoms with Crippen LogP contribution >= 0.6 is 11.6 Å². The third-order valence-electron chi connectivity index (χ3n) is 6.60. The molecule has 8 heteroatoms. The van der Waals surface area contributed by atoms with Gasteiger partial charge in [-0.05, 0) is 66.6 Å². The van der Waals surface area contributed by atoms with E-state index in [-0.39, 0.29) is 17.6 Å². The molecular formula is C30H30ClN3O4. The fourth-order valence-electron chi connectivity index (χ4n) is 4.51. The molecule has 2 heterocycles. The molecule has 1 saturated heterocycles. The largest absolute Gasteiger partial charge is 0.449 e. The monoisotopic (exact) mass is 531 g/mol. The number of nitrogens with zero attached hydrogens (tertiary/aromatic N) is 2. The maximum Gasteiger partial charge on any atom is 0.294 e. The smallest absolute Gasteiger partial charge is 0.294 e. The van der Waals surface area contributed by atoms with E-state index in [0.29, 0.717) is 35.1 Å². The van der Waals surface area contributed by atoms with Crippen molar-refractivity contribution in [1.82, 2.24) is 10.2 Å². The second-order valence-corrected chi connectivity index (χ2v) is 9.72. The predicted molar refractivity (Wildman–Crippen MR) is 148 cm³/mol. The van der Waals surface area contributed by atoms with Crippen molar-refractivity contribution in [2.24, 2.45) is 0 Å². The van der Waals surface area contributed by atoms with Crippen LogP contribution in [-0.4, -0.2) is 56.1 Å². The number of hydrogen-bond acceptors (Lipinski definition) is 5. The second-order valence-electron chi connectivity index (χ2n) is 9.28. The molecule has 5 rings (SSSR count). The van der Waals surface area contributed by atoms with Crippen LogP contribution in [0.25, 0.3) is 6.08 Å². The van der Waals surface area contributed by atoms with Crippen LogP contribution in [-0.2, 0) is 16.1 Å². The highest BCUT2D eigenvalue weighted by Crippen LogP contribution is 2.36. The molecule has 3 aromatic rings. The Kier molecular flexibility index (Phi) is 8.38. The number of hydrogen-bond donors (Lipinski definition) is 1. The van der Waals surface area contributed by atoms with Crippen molar-refractivity contribution in [2.45, 2.75) is 13.0 Å². The van der Waals surface area contributed by atoms with Crippen LogP contribution in [0.3, 0.4) is 0 Å². The van der Waals surface area contributed by atoms with E-state index in [4.69, 9.17) is 21.1 Å². The molecule has 0 atom stereocenters. The molecule has 0 spiro atoms. The van der Waals surface area contributed by atoms with Gasteiger partial charge in [-0.2, -0.15) is 0 Å². The number of carbonyl (C=O) groups is 2. The number of para-hydroxylation sites is 2. The van der Waals surface area contributed by atoms with Crippen LogP contribution in [0.5, 0.6) is 5.75 Å². The zero-order valence-electron chi connectivity index (χ0n) is 21.1. The van der Waals surface area contributed by atoms with Gasteiger partial charge in [0.1, 0.15) is 0 Å². The van der Waals surface area contributed by atoms with Gasteiger partial charge in [0.05, 0.1) is 25.4 Å². The van der Waals surface area contributed by atoms with E-state index >= 15 is 0 Å². The summed E-state index contributed by atoms with van der Waals surface area (Å²) >= 11 is 6.03. The SMILES string of the molecule is O=C(NCCCN1CCOCC1)c1ccc(/C=C2\Oc3ccccc3N(Cc3ccc(Cl)cc3)C2=O)cc1. The van der Waals surface area contributed by atoms with Gasteiger partial charge in [0.15, 0.2) is 11.5 Å². The minimum Gasteiger partial charge on any atom is -0.449 e. The number of rotatable bonds is 8. The zero-order valence-corrected chi connectivity index (χ0v) is 21.8. The topological polar surface area (TPSA) is 71.1 Å². The van der Waals surface area contributed by atoms with Gasteiger partial charge >= 0.3 is 0 Å². The molecule has 0 radical (unpaired) electrons. The van der Waals surface area contributed by atoms with E-state index in [2.05, 4.69) is 10.2 Å². The van der Waals surface area contributed by atoms with Crippen molar-refractivity contribution in [2.75, 3.05) is 44.3 Å². The first-order valence-corrected chi connectivity index (χ1v) is 13.2. The van der Waals surface area contributed by atoms with Crippen LogP contribution in [0.15, 0.2) is 78.6 Å². The van der Waals surface area contributed by atoms with Gasteiger partial charge in [0.25, 0.3) is 11.8 Å². The Bertz CT molecular complexity index is 1300. The molecule has 1 fully saturated rings. The summed E-state index contributed by atoms with van der Waals surface area (Å²) in [5.41, 5.74) is 3.01. The van der Waals surface area contributed by atoms with Crippen LogP contribution < -0.4 is 15.0 Å². The number of anilines is 1. The Hall–Kier alpha value is -3.65. The van der Waals surface area contributed by atoms with Crippen molar-refractivity contribution in [1.29, 1.82) is 0 Å². The third-order valence-corrected chi connectivity index (χ3v) is 6.85. The summed E-state index contributed by atoms with van der Waals surface area (Å²) < 4.78 is 11.4. The summed E-state index contributed by atoms with van der Waals surface area (Å²) in [5, 5.41) is 3.63. The first kappa shape index (κ1) is 26.0. The van der Waals surface area contributed by atoms with E-state index in [0.717, 1.165) is 50.4 Å². The van der Waals surface area contributed by atoms with E-state index in [1.54, 1.807) is 23.1 Å². The highest BCUT2D eigenvalue weighted by Gasteiger charge is 2.30. The Labute approximate surface area is 227 Å². The summed E-state index contributed by atoms with van der Waals surface area (Å²) in [5.74, 6) is 0.485. The maximum atomic E-state index is 13.4. The maximum absolute atomic E-state index is 13.4. The quantitative estimate of drug-likeness (QED) is 0.335. The Morgan fingerprint density at radius 2 is 1.71 bits per heavy atom. The van der Waals surface area contributed by atoms with Crippen molar-refractivity contribution >= 4 is 35.2 Å². The van der Waals surface area contributed by atoms with Gasteiger partial charge in [-0.3, -0.25) is 19.4 Å². The normalized spacial score (nSPS) is 16.7. The van der Waals surface area contributed by atoms with Gasteiger partial charge in [-0.25, -0.2) is 0 Å². The summed E-state index contributed by atoms with van der Waals surface area (Å²) in [6.07, 6.45) is 2.60.